The molecule has 2 heterocycles. The highest BCUT2D eigenvalue weighted by Gasteiger charge is 2.54. The Morgan fingerprint density at radius 3 is 3.04 bits per heavy atom. The fraction of sp³-hybridized carbons (Fsp3) is 0.526. The molecule has 2 aromatic rings. The summed E-state index contributed by atoms with van der Waals surface area (Å²) in [5.74, 6) is 0.850. The SMILES string of the molecule is Cc1ccccc1Cc1noc(CN2C[C@@H]3CCC[C@@]3(C(=O)O)C2)n1. The molecule has 4 rings (SSSR count). The molecule has 0 radical (unpaired) electrons. The lowest BCUT2D eigenvalue weighted by atomic mass is 9.81. The van der Waals surface area contributed by atoms with Gasteiger partial charge in [-0.1, -0.05) is 35.8 Å². The molecular formula is C19H23N3O3. The normalized spacial score (nSPS) is 26.0. The Bertz CT molecular complexity index is 788. The molecule has 6 nitrogen and oxygen atoms in total. The van der Waals surface area contributed by atoms with Crippen LogP contribution in [0.5, 0.6) is 0 Å². The van der Waals surface area contributed by atoms with Crippen molar-refractivity contribution in [2.75, 3.05) is 13.1 Å². The van der Waals surface area contributed by atoms with Crippen molar-refractivity contribution in [3.63, 3.8) is 0 Å². The van der Waals surface area contributed by atoms with Crippen molar-refractivity contribution in [1.82, 2.24) is 15.0 Å². The summed E-state index contributed by atoms with van der Waals surface area (Å²) in [5.41, 5.74) is 1.84. The highest BCUT2D eigenvalue weighted by Crippen LogP contribution is 2.49. The molecule has 2 atom stereocenters. The first-order valence-electron chi connectivity index (χ1n) is 8.88. The zero-order chi connectivity index (χ0) is 17.4. The topological polar surface area (TPSA) is 79.5 Å². The number of benzene rings is 1. The second-order valence-electron chi connectivity index (χ2n) is 7.43. The van der Waals surface area contributed by atoms with E-state index in [1.54, 1.807) is 0 Å². The van der Waals surface area contributed by atoms with E-state index in [-0.39, 0.29) is 5.92 Å². The summed E-state index contributed by atoms with van der Waals surface area (Å²) in [6.45, 7) is 4.00. The number of carboxylic acid groups (broad SMARTS) is 1. The lowest BCUT2D eigenvalue weighted by Crippen LogP contribution is -2.35. The number of aryl methyl sites for hydroxylation is 1. The van der Waals surface area contributed by atoms with Crippen LogP contribution in [-0.2, 0) is 17.8 Å². The van der Waals surface area contributed by atoms with Gasteiger partial charge in [0.15, 0.2) is 5.82 Å². The van der Waals surface area contributed by atoms with Crippen LogP contribution < -0.4 is 0 Å². The third-order valence-electron chi connectivity index (χ3n) is 5.85. The summed E-state index contributed by atoms with van der Waals surface area (Å²) in [7, 11) is 0. The second-order valence-corrected chi connectivity index (χ2v) is 7.43. The number of carboxylic acids is 1. The van der Waals surface area contributed by atoms with E-state index >= 15 is 0 Å². The molecule has 1 aromatic heterocycles. The number of likely N-dealkylation sites (tertiary alicyclic amines) is 1. The molecule has 6 heteroatoms. The lowest BCUT2D eigenvalue weighted by Gasteiger charge is -2.23. The molecule has 1 saturated carbocycles. The molecule has 1 saturated heterocycles. The van der Waals surface area contributed by atoms with Gasteiger partial charge in [0, 0.05) is 19.5 Å². The molecule has 2 fully saturated rings. The monoisotopic (exact) mass is 341 g/mol. The van der Waals surface area contributed by atoms with Crippen molar-refractivity contribution >= 4 is 5.97 Å². The van der Waals surface area contributed by atoms with Crippen LogP contribution in [0.2, 0.25) is 0 Å². The van der Waals surface area contributed by atoms with Crippen molar-refractivity contribution in [3.05, 3.63) is 47.1 Å². The van der Waals surface area contributed by atoms with E-state index in [1.807, 2.05) is 12.1 Å². The molecule has 0 bridgehead atoms. The van der Waals surface area contributed by atoms with Crippen LogP contribution in [-0.4, -0.2) is 39.2 Å². The zero-order valence-corrected chi connectivity index (χ0v) is 14.4. The third kappa shape index (κ3) is 2.95. The molecule has 1 aliphatic carbocycles. The Morgan fingerprint density at radius 1 is 1.44 bits per heavy atom. The highest BCUT2D eigenvalue weighted by atomic mass is 16.5. The molecule has 132 valence electrons. The van der Waals surface area contributed by atoms with E-state index in [0.717, 1.165) is 25.8 Å². The Morgan fingerprint density at radius 2 is 2.28 bits per heavy atom. The van der Waals surface area contributed by atoms with Crippen molar-refractivity contribution in [3.8, 4) is 0 Å². The molecule has 1 N–H and O–H groups in total. The maximum atomic E-state index is 11.8. The Kier molecular flexibility index (Phi) is 4.07. The summed E-state index contributed by atoms with van der Waals surface area (Å²) >= 11 is 0. The van der Waals surface area contributed by atoms with Gasteiger partial charge in [-0.2, -0.15) is 4.98 Å². The van der Waals surface area contributed by atoms with Crippen LogP contribution in [0.25, 0.3) is 0 Å². The minimum Gasteiger partial charge on any atom is -0.481 e. The quantitative estimate of drug-likeness (QED) is 0.901. The molecule has 0 amide bonds. The molecular weight excluding hydrogens is 318 g/mol. The van der Waals surface area contributed by atoms with E-state index in [9.17, 15) is 9.90 Å². The van der Waals surface area contributed by atoms with Gasteiger partial charge in [-0.05, 0) is 36.8 Å². The standard InChI is InChI=1S/C19H23N3O3/c1-13-5-2-3-6-14(13)9-16-20-17(25-21-16)11-22-10-15-7-4-8-19(15,12-22)18(23)24/h2-3,5-6,15H,4,7-12H2,1H3,(H,23,24)/t15-,19+/m0/s1. The van der Waals surface area contributed by atoms with Crippen LogP contribution in [0.1, 0.15) is 42.1 Å². The van der Waals surface area contributed by atoms with Gasteiger partial charge >= 0.3 is 5.97 Å². The first kappa shape index (κ1) is 16.3. The fourth-order valence-corrected chi connectivity index (χ4v) is 4.46. The summed E-state index contributed by atoms with van der Waals surface area (Å²) < 4.78 is 5.40. The summed E-state index contributed by atoms with van der Waals surface area (Å²) in [6, 6.07) is 8.18. The van der Waals surface area contributed by atoms with Crippen LogP contribution in [0.4, 0.5) is 0 Å². The number of aliphatic carboxylic acids is 1. The van der Waals surface area contributed by atoms with Crippen molar-refractivity contribution < 1.29 is 14.4 Å². The number of carbonyl (C=O) groups is 1. The van der Waals surface area contributed by atoms with E-state index in [1.165, 1.54) is 11.1 Å². The molecule has 0 unspecified atom stereocenters. The predicted molar refractivity (Wildman–Crippen MR) is 91.0 cm³/mol. The first-order chi connectivity index (χ1) is 12.1. The van der Waals surface area contributed by atoms with Gasteiger partial charge < -0.3 is 9.63 Å². The van der Waals surface area contributed by atoms with Gasteiger partial charge in [0.1, 0.15) is 0 Å². The number of nitrogens with zero attached hydrogens (tertiary/aromatic N) is 3. The summed E-state index contributed by atoms with van der Waals surface area (Å²) in [5, 5.41) is 13.8. The van der Waals surface area contributed by atoms with Gasteiger partial charge in [-0.25, -0.2) is 0 Å². The molecule has 2 aliphatic rings. The van der Waals surface area contributed by atoms with E-state index in [2.05, 4.69) is 34.1 Å². The number of hydrogen-bond donors (Lipinski definition) is 1. The van der Waals surface area contributed by atoms with Gasteiger partial charge in [0.05, 0.1) is 12.0 Å². The van der Waals surface area contributed by atoms with Crippen LogP contribution in [0.3, 0.4) is 0 Å². The van der Waals surface area contributed by atoms with Crippen molar-refractivity contribution in [2.24, 2.45) is 11.3 Å². The first-order valence-corrected chi connectivity index (χ1v) is 8.88. The zero-order valence-electron chi connectivity index (χ0n) is 14.4. The van der Waals surface area contributed by atoms with E-state index in [0.29, 0.717) is 31.2 Å². The maximum absolute atomic E-state index is 11.8. The van der Waals surface area contributed by atoms with Gasteiger partial charge in [0.25, 0.3) is 0 Å². The minimum absolute atomic E-state index is 0.249. The van der Waals surface area contributed by atoms with Gasteiger partial charge in [-0.15, -0.1) is 0 Å². The Hall–Kier alpha value is -2.21. The highest BCUT2D eigenvalue weighted by molar-refractivity contribution is 5.76. The number of fused-ring (bicyclic) bond motifs is 1. The maximum Gasteiger partial charge on any atom is 0.311 e. The smallest absolute Gasteiger partial charge is 0.311 e. The van der Waals surface area contributed by atoms with Gasteiger partial charge in [0.2, 0.25) is 5.89 Å². The number of aromatic nitrogens is 2. The average molecular weight is 341 g/mol. The molecule has 1 aromatic carbocycles. The van der Waals surface area contributed by atoms with Crippen LogP contribution in [0, 0.1) is 18.3 Å². The summed E-state index contributed by atoms with van der Waals surface area (Å²) in [6.07, 6.45) is 3.46. The van der Waals surface area contributed by atoms with Crippen molar-refractivity contribution in [2.45, 2.75) is 39.2 Å². The van der Waals surface area contributed by atoms with Crippen molar-refractivity contribution in [1.29, 1.82) is 0 Å². The third-order valence-corrected chi connectivity index (χ3v) is 5.85. The Balaban J connectivity index is 1.42. The lowest BCUT2D eigenvalue weighted by molar-refractivity contribution is -0.149. The predicted octanol–water partition coefficient (Wildman–Crippen LogP) is 2.66. The molecule has 25 heavy (non-hydrogen) atoms. The van der Waals surface area contributed by atoms with Crippen LogP contribution in [0.15, 0.2) is 28.8 Å². The summed E-state index contributed by atoms with van der Waals surface area (Å²) in [4.78, 5) is 18.4. The van der Waals surface area contributed by atoms with E-state index in [4.69, 9.17) is 4.52 Å². The van der Waals surface area contributed by atoms with E-state index < -0.39 is 11.4 Å². The fourth-order valence-electron chi connectivity index (χ4n) is 4.46. The van der Waals surface area contributed by atoms with Gasteiger partial charge in [-0.3, -0.25) is 9.69 Å². The largest absolute Gasteiger partial charge is 0.481 e. The minimum atomic E-state index is -0.650. The number of rotatable bonds is 5. The van der Waals surface area contributed by atoms with Crippen LogP contribution >= 0.6 is 0 Å². The molecule has 1 aliphatic heterocycles. The Labute approximate surface area is 146 Å². The average Bonchev–Trinajstić information content (AvgIpc) is 3.24. The second kappa shape index (κ2) is 6.26. The molecule has 0 spiro atoms. The number of hydrogen-bond acceptors (Lipinski definition) is 5.